The Labute approximate surface area is 165 Å². The molecule has 0 amide bonds. The van der Waals surface area contributed by atoms with Gasteiger partial charge in [0.1, 0.15) is 0 Å². The first-order valence-corrected chi connectivity index (χ1v) is 9.49. The summed E-state index contributed by atoms with van der Waals surface area (Å²) in [5.41, 5.74) is 4.16. The fraction of sp³-hybridized carbons (Fsp3) is 0.250. The lowest BCUT2D eigenvalue weighted by Crippen LogP contribution is -2.33. The highest BCUT2D eigenvalue weighted by atomic mass is 16.5. The molecule has 3 aromatic rings. The fourth-order valence-electron chi connectivity index (χ4n) is 3.96. The third-order valence-electron chi connectivity index (χ3n) is 5.39. The monoisotopic (exact) mass is 374 g/mol. The van der Waals surface area contributed by atoms with Gasteiger partial charge < -0.3 is 9.47 Å². The maximum atomic E-state index is 12.9. The predicted molar refractivity (Wildman–Crippen MR) is 107 cm³/mol. The van der Waals surface area contributed by atoms with Gasteiger partial charge in [-0.15, -0.1) is 0 Å². The molecule has 1 aromatic heterocycles. The van der Waals surface area contributed by atoms with Crippen molar-refractivity contribution in [3.8, 4) is 11.5 Å². The molecule has 142 valence electrons. The number of ether oxygens (including phenoxy) is 2. The average Bonchev–Trinajstić information content (AvgIpc) is 3.05. The van der Waals surface area contributed by atoms with E-state index < -0.39 is 0 Å². The predicted octanol–water partition coefficient (Wildman–Crippen LogP) is 3.64. The summed E-state index contributed by atoms with van der Waals surface area (Å²) in [4.78, 5) is 12.9. The molecule has 1 atom stereocenters. The van der Waals surface area contributed by atoms with Gasteiger partial charge in [-0.2, -0.15) is 0 Å². The first-order valence-electron chi connectivity index (χ1n) is 9.49. The maximum absolute atomic E-state index is 12.9. The molecule has 0 N–H and O–H groups in total. The van der Waals surface area contributed by atoms with Gasteiger partial charge in [0.25, 0.3) is 0 Å². The molecular weight excluding hydrogens is 350 g/mol. The zero-order chi connectivity index (χ0) is 19.5. The van der Waals surface area contributed by atoms with Crippen LogP contribution in [0.4, 0.5) is 0 Å². The zero-order valence-electron chi connectivity index (χ0n) is 16.2. The Kier molecular flexibility index (Phi) is 5.11. The lowest BCUT2D eigenvalue weighted by Gasteiger charge is -2.11. The topological polar surface area (TPSA) is 39.4 Å². The molecule has 0 saturated carbocycles. The van der Waals surface area contributed by atoms with Crippen molar-refractivity contribution in [1.82, 2.24) is 0 Å². The Hall–Kier alpha value is -3.14. The van der Waals surface area contributed by atoms with Gasteiger partial charge >= 0.3 is 0 Å². The maximum Gasteiger partial charge on any atom is 0.173 e. The number of carbonyl (C=O) groups excluding carboxylic acids is 1. The smallest absolute Gasteiger partial charge is 0.173 e. The molecule has 0 fully saturated rings. The van der Waals surface area contributed by atoms with Crippen molar-refractivity contribution < 1.29 is 18.8 Å². The van der Waals surface area contributed by atoms with E-state index in [1.165, 1.54) is 11.1 Å². The van der Waals surface area contributed by atoms with E-state index in [-0.39, 0.29) is 11.7 Å². The number of Topliss-reactive ketones (excluding diaryl/α,β-unsaturated/α-hetero) is 1. The highest BCUT2D eigenvalue weighted by Crippen LogP contribution is 2.40. The molecule has 1 heterocycles. The van der Waals surface area contributed by atoms with Gasteiger partial charge in [-0.1, -0.05) is 30.3 Å². The van der Waals surface area contributed by atoms with Crippen LogP contribution in [0.2, 0.25) is 0 Å². The minimum absolute atomic E-state index is 0.0546. The van der Waals surface area contributed by atoms with E-state index in [0.29, 0.717) is 17.9 Å². The van der Waals surface area contributed by atoms with Crippen LogP contribution in [0.5, 0.6) is 11.5 Å². The molecule has 4 nitrogen and oxygen atoms in total. The quantitative estimate of drug-likeness (QED) is 0.619. The molecule has 1 unspecified atom stereocenters. The number of benzene rings is 2. The van der Waals surface area contributed by atoms with Gasteiger partial charge in [0.2, 0.25) is 0 Å². The number of hydrogen-bond donors (Lipinski definition) is 0. The van der Waals surface area contributed by atoms with Gasteiger partial charge in [0.05, 0.1) is 14.2 Å². The number of pyridine rings is 1. The number of hydrogen-bond acceptors (Lipinski definition) is 3. The zero-order valence-corrected chi connectivity index (χ0v) is 16.2. The van der Waals surface area contributed by atoms with Crippen LogP contribution in [-0.4, -0.2) is 20.0 Å². The summed E-state index contributed by atoms with van der Waals surface area (Å²) in [5, 5.41) is 0. The van der Waals surface area contributed by atoms with E-state index in [0.717, 1.165) is 24.1 Å². The van der Waals surface area contributed by atoms with E-state index in [9.17, 15) is 4.79 Å². The largest absolute Gasteiger partial charge is 0.493 e. The number of carbonyl (C=O) groups is 1. The first kappa shape index (κ1) is 18.2. The SMILES string of the molecule is COc1ccc2c(c1OC)CC(Cc1cc[n+](Cc3ccccc3)cc1)C2=O. The molecule has 0 saturated heterocycles. The molecule has 0 radical (unpaired) electrons. The Bertz CT molecular complexity index is 981. The molecule has 1 aliphatic rings. The Morgan fingerprint density at radius 2 is 1.68 bits per heavy atom. The molecule has 0 bridgehead atoms. The lowest BCUT2D eigenvalue weighted by atomic mass is 9.96. The number of ketones is 1. The summed E-state index contributed by atoms with van der Waals surface area (Å²) < 4.78 is 13.0. The summed E-state index contributed by atoms with van der Waals surface area (Å²) in [6, 6.07) is 18.3. The number of aromatic nitrogens is 1. The van der Waals surface area contributed by atoms with E-state index in [2.05, 4.69) is 53.4 Å². The highest BCUT2D eigenvalue weighted by molar-refractivity contribution is 6.03. The number of rotatable bonds is 6. The van der Waals surface area contributed by atoms with Crippen molar-refractivity contribution in [2.75, 3.05) is 14.2 Å². The second kappa shape index (κ2) is 7.85. The van der Waals surface area contributed by atoms with Crippen LogP contribution in [0.3, 0.4) is 0 Å². The molecule has 0 aliphatic heterocycles. The van der Waals surface area contributed by atoms with Crippen molar-refractivity contribution in [1.29, 1.82) is 0 Å². The number of fused-ring (bicyclic) bond motifs is 1. The molecule has 28 heavy (non-hydrogen) atoms. The molecule has 2 aromatic carbocycles. The minimum atomic E-state index is -0.0546. The summed E-state index contributed by atoms with van der Waals surface area (Å²) in [6.45, 7) is 0.839. The normalized spacial score (nSPS) is 15.4. The number of nitrogens with zero attached hydrogens (tertiary/aromatic N) is 1. The minimum Gasteiger partial charge on any atom is -0.493 e. The van der Waals surface area contributed by atoms with E-state index in [1.807, 2.05) is 18.2 Å². The second-order valence-electron chi connectivity index (χ2n) is 7.16. The number of methoxy groups -OCH3 is 2. The van der Waals surface area contributed by atoms with Crippen LogP contribution in [-0.2, 0) is 19.4 Å². The van der Waals surface area contributed by atoms with Crippen molar-refractivity contribution in [2.45, 2.75) is 19.4 Å². The summed E-state index contributed by atoms with van der Waals surface area (Å²) in [6.07, 6.45) is 5.58. The summed E-state index contributed by atoms with van der Waals surface area (Å²) in [5.74, 6) is 1.50. The fourth-order valence-corrected chi connectivity index (χ4v) is 3.96. The Morgan fingerprint density at radius 1 is 0.929 bits per heavy atom. The van der Waals surface area contributed by atoms with Crippen LogP contribution < -0.4 is 14.0 Å². The first-order chi connectivity index (χ1) is 13.7. The third kappa shape index (κ3) is 3.50. The standard InChI is InChI=1S/C24H24NO3/c1-27-22-9-8-20-21(24(22)28-2)15-19(23(20)26)14-17-10-12-25(13-11-17)16-18-6-4-3-5-7-18/h3-13,19H,14-16H2,1-2H3/q+1. The molecular formula is C24H24NO3+. The van der Waals surface area contributed by atoms with Gasteiger partial charge in [-0.25, -0.2) is 4.57 Å². The molecule has 4 rings (SSSR count). The van der Waals surface area contributed by atoms with Crippen molar-refractivity contribution in [3.63, 3.8) is 0 Å². The van der Waals surface area contributed by atoms with Crippen LogP contribution in [0.1, 0.15) is 27.0 Å². The van der Waals surface area contributed by atoms with Gasteiger partial charge in [0.15, 0.2) is 36.2 Å². The van der Waals surface area contributed by atoms with Crippen molar-refractivity contribution in [3.05, 3.63) is 89.2 Å². The second-order valence-corrected chi connectivity index (χ2v) is 7.16. The van der Waals surface area contributed by atoms with Crippen LogP contribution >= 0.6 is 0 Å². The summed E-state index contributed by atoms with van der Waals surface area (Å²) in [7, 11) is 3.24. The van der Waals surface area contributed by atoms with Gasteiger partial charge in [-0.05, 0) is 30.5 Å². The lowest BCUT2D eigenvalue weighted by molar-refractivity contribution is -0.688. The molecule has 1 aliphatic carbocycles. The molecule has 4 heteroatoms. The van der Waals surface area contributed by atoms with Crippen LogP contribution in [0, 0.1) is 5.92 Å². The Balaban J connectivity index is 1.48. The van der Waals surface area contributed by atoms with Crippen LogP contribution in [0.25, 0.3) is 0 Å². The van der Waals surface area contributed by atoms with Crippen molar-refractivity contribution in [2.24, 2.45) is 5.92 Å². The third-order valence-corrected chi connectivity index (χ3v) is 5.39. The van der Waals surface area contributed by atoms with E-state index in [4.69, 9.17) is 9.47 Å². The van der Waals surface area contributed by atoms with Gasteiger partial charge in [-0.3, -0.25) is 4.79 Å². The van der Waals surface area contributed by atoms with Gasteiger partial charge in [0, 0.05) is 34.7 Å². The van der Waals surface area contributed by atoms with Crippen molar-refractivity contribution >= 4 is 5.78 Å². The molecule has 0 spiro atoms. The highest BCUT2D eigenvalue weighted by Gasteiger charge is 2.34. The average molecular weight is 374 g/mol. The van der Waals surface area contributed by atoms with Crippen LogP contribution in [0.15, 0.2) is 67.0 Å². The van der Waals surface area contributed by atoms with E-state index >= 15 is 0 Å². The van der Waals surface area contributed by atoms with E-state index in [1.54, 1.807) is 14.2 Å². The summed E-state index contributed by atoms with van der Waals surface area (Å²) >= 11 is 0. The Morgan fingerprint density at radius 3 is 2.36 bits per heavy atom.